The summed E-state index contributed by atoms with van der Waals surface area (Å²) in [6, 6.07) is 11.0. The molecule has 1 aliphatic rings. The van der Waals surface area contributed by atoms with Gasteiger partial charge in [0, 0.05) is 6.54 Å². The second kappa shape index (κ2) is 9.21. The van der Waals surface area contributed by atoms with Gasteiger partial charge in [0.1, 0.15) is 5.75 Å². The predicted molar refractivity (Wildman–Crippen MR) is 109 cm³/mol. The lowest BCUT2D eigenvalue weighted by Crippen LogP contribution is -2.30. The van der Waals surface area contributed by atoms with Crippen molar-refractivity contribution in [2.45, 2.75) is 19.8 Å². The number of benzene rings is 2. The quantitative estimate of drug-likeness (QED) is 0.530. The second-order valence-corrected chi connectivity index (χ2v) is 6.70. The first-order valence-electron chi connectivity index (χ1n) is 9.56. The smallest absolute Gasteiger partial charge is 0.338 e. The molecule has 0 spiro atoms. The molecule has 0 fully saturated rings. The lowest BCUT2D eigenvalue weighted by atomic mass is 10.1. The zero-order valence-corrected chi connectivity index (χ0v) is 16.8. The maximum atomic E-state index is 12.5. The zero-order chi connectivity index (χ0) is 21.7. The number of nitrogens with one attached hydrogen (secondary N) is 1. The third-order valence-electron chi connectivity index (χ3n) is 4.66. The van der Waals surface area contributed by atoms with Crippen LogP contribution in [0.25, 0.3) is 0 Å². The highest BCUT2D eigenvalue weighted by molar-refractivity contribution is 6.22. The first-order valence-corrected chi connectivity index (χ1v) is 9.56. The number of hydrogen-bond acceptors (Lipinski definition) is 6. The summed E-state index contributed by atoms with van der Waals surface area (Å²) in [5, 5.41) is 2.60. The molecule has 0 radical (unpaired) electrons. The fourth-order valence-electron chi connectivity index (χ4n) is 3.09. The summed E-state index contributed by atoms with van der Waals surface area (Å²) in [6.45, 7) is 1.80. The minimum Gasteiger partial charge on any atom is -0.495 e. The number of anilines is 1. The Morgan fingerprint density at radius 2 is 1.77 bits per heavy atom. The van der Waals surface area contributed by atoms with E-state index in [1.54, 1.807) is 24.3 Å². The number of imide groups is 1. The summed E-state index contributed by atoms with van der Waals surface area (Å²) < 4.78 is 10.2. The summed E-state index contributed by atoms with van der Waals surface area (Å²) in [7, 11) is 1.48. The normalized spacial score (nSPS) is 12.5. The monoisotopic (exact) mass is 410 g/mol. The number of carbonyl (C=O) groups is 4. The number of methoxy groups -OCH3 is 1. The molecule has 0 aromatic heterocycles. The number of amides is 3. The molecule has 0 saturated heterocycles. The van der Waals surface area contributed by atoms with E-state index < -0.39 is 24.4 Å². The Labute approximate surface area is 173 Å². The minimum atomic E-state index is -0.764. The average Bonchev–Trinajstić information content (AvgIpc) is 3.00. The van der Waals surface area contributed by atoms with E-state index in [0.717, 1.165) is 6.42 Å². The highest BCUT2D eigenvalue weighted by atomic mass is 16.5. The Kier molecular flexibility index (Phi) is 6.46. The van der Waals surface area contributed by atoms with Crippen LogP contribution in [0.4, 0.5) is 5.69 Å². The van der Waals surface area contributed by atoms with Crippen molar-refractivity contribution in [2.24, 2.45) is 0 Å². The van der Waals surface area contributed by atoms with Gasteiger partial charge in [-0.15, -0.1) is 0 Å². The van der Waals surface area contributed by atoms with Crippen molar-refractivity contribution < 1.29 is 28.7 Å². The van der Waals surface area contributed by atoms with Crippen LogP contribution in [0, 0.1) is 0 Å². The first-order chi connectivity index (χ1) is 14.5. The Bertz CT molecular complexity index is 1000. The molecule has 8 heteroatoms. The van der Waals surface area contributed by atoms with Gasteiger partial charge < -0.3 is 14.8 Å². The molecule has 3 amide bonds. The molecule has 0 unspecified atom stereocenters. The van der Waals surface area contributed by atoms with Crippen molar-refractivity contribution in [3.63, 3.8) is 0 Å². The Hall–Kier alpha value is -3.68. The summed E-state index contributed by atoms with van der Waals surface area (Å²) in [6.07, 6.45) is 1.56. The van der Waals surface area contributed by atoms with Crippen LogP contribution in [0.3, 0.4) is 0 Å². The van der Waals surface area contributed by atoms with E-state index in [4.69, 9.17) is 9.47 Å². The standard InChI is InChI=1S/C22H22N2O6/c1-3-4-11-24-20(26)15-10-9-14(12-16(15)21(24)27)22(28)30-13-19(25)23-17-7-5-6-8-18(17)29-2/h5-10,12H,3-4,11,13H2,1-2H3,(H,23,25). The lowest BCUT2D eigenvalue weighted by molar-refractivity contribution is -0.119. The van der Waals surface area contributed by atoms with Crippen LogP contribution in [-0.4, -0.2) is 48.9 Å². The van der Waals surface area contributed by atoms with E-state index >= 15 is 0 Å². The molecule has 0 bridgehead atoms. The lowest BCUT2D eigenvalue weighted by Gasteiger charge is -2.12. The number of para-hydroxylation sites is 2. The molecule has 1 N–H and O–H groups in total. The van der Waals surface area contributed by atoms with E-state index in [9.17, 15) is 19.2 Å². The number of rotatable bonds is 8. The van der Waals surface area contributed by atoms with Crippen LogP contribution in [0.5, 0.6) is 5.75 Å². The predicted octanol–water partition coefficient (Wildman–Crippen LogP) is 2.89. The fourth-order valence-corrected chi connectivity index (χ4v) is 3.09. The SMILES string of the molecule is CCCCN1C(=O)c2ccc(C(=O)OCC(=O)Nc3ccccc3OC)cc2C1=O. The van der Waals surface area contributed by atoms with Crippen LogP contribution < -0.4 is 10.1 Å². The van der Waals surface area contributed by atoms with Crippen molar-refractivity contribution >= 4 is 29.4 Å². The van der Waals surface area contributed by atoms with Crippen molar-refractivity contribution in [1.82, 2.24) is 4.90 Å². The third-order valence-corrected chi connectivity index (χ3v) is 4.66. The summed E-state index contributed by atoms with van der Waals surface area (Å²) in [5.41, 5.74) is 0.984. The van der Waals surface area contributed by atoms with E-state index in [1.807, 2.05) is 6.92 Å². The Balaban J connectivity index is 1.63. The molecule has 1 heterocycles. The molecule has 3 rings (SSSR count). The molecule has 0 aliphatic carbocycles. The molecule has 156 valence electrons. The van der Waals surface area contributed by atoms with Crippen LogP contribution in [-0.2, 0) is 9.53 Å². The molecule has 30 heavy (non-hydrogen) atoms. The highest BCUT2D eigenvalue weighted by Gasteiger charge is 2.35. The molecule has 2 aromatic carbocycles. The van der Waals surface area contributed by atoms with Gasteiger partial charge in [-0.05, 0) is 36.8 Å². The van der Waals surface area contributed by atoms with E-state index in [0.29, 0.717) is 24.4 Å². The number of esters is 1. The first kappa shape index (κ1) is 21.0. The van der Waals surface area contributed by atoms with Crippen molar-refractivity contribution in [3.05, 3.63) is 59.2 Å². The molecule has 0 atom stereocenters. The van der Waals surface area contributed by atoms with E-state index in [1.165, 1.54) is 30.2 Å². The molecule has 1 aliphatic heterocycles. The molecule has 8 nitrogen and oxygen atoms in total. The second-order valence-electron chi connectivity index (χ2n) is 6.70. The van der Waals surface area contributed by atoms with Gasteiger partial charge in [-0.3, -0.25) is 19.3 Å². The maximum absolute atomic E-state index is 12.5. The molecule has 0 saturated carbocycles. The van der Waals surface area contributed by atoms with Crippen LogP contribution >= 0.6 is 0 Å². The Morgan fingerprint density at radius 1 is 1.03 bits per heavy atom. The number of carbonyl (C=O) groups excluding carboxylic acids is 4. The number of unbranched alkanes of at least 4 members (excludes halogenated alkanes) is 1. The minimum absolute atomic E-state index is 0.0948. The van der Waals surface area contributed by atoms with Crippen LogP contribution in [0.1, 0.15) is 50.8 Å². The molecular weight excluding hydrogens is 388 g/mol. The molecule has 2 aromatic rings. The van der Waals surface area contributed by atoms with Gasteiger partial charge >= 0.3 is 5.97 Å². The van der Waals surface area contributed by atoms with Crippen LogP contribution in [0.15, 0.2) is 42.5 Å². The number of ether oxygens (including phenoxy) is 2. The van der Waals surface area contributed by atoms with E-state index in [2.05, 4.69) is 5.32 Å². The van der Waals surface area contributed by atoms with Gasteiger partial charge in [0.05, 0.1) is 29.5 Å². The van der Waals surface area contributed by atoms with Crippen molar-refractivity contribution in [3.8, 4) is 5.75 Å². The third kappa shape index (κ3) is 4.32. The topological polar surface area (TPSA) is 102 Å². The number of nitrogens with zero attached hydrogens (tertiary/aromatic N) is 1. The van der Waals surface area contributed by atoms with Gasteiger partial charge in [0.25, 0.3) is 17.7 Å². The van der Waals surface area contributed by atoms with Gasteiger partial charge in [0.2, 0.25) is 0 Å². The average molecular weight is 410 g/mol. The highest BCUT2D eigenvalue weighted by Crippen LogP contribution is 2.25. The number of fused-ring (bicyclic) bond motifs is 1. The Morgan fingerprint density at radius 3 is 2.50 bits per heavy atom. The maximum Gasteiger partial charge on any atom is 0.338 e. The summed E-state index contributed by atoms with van der Waals surface area (Å²) in [5.74, 6) is -1.61. The molecular formula is C22H22N2O6. The summed E-state index contributed by atoms with van der Waals surface area (Å²) >= 11 is 0. The van der Waals surface area contributed by atoms with Gasteiger partial charge in [-0.1, -0.05) is 25.5 Å². The largest absolute Gasteiger partial charge is 0.495 e. The summed E-state index contributed by atoms with van der Waals surface area (Å²) in [4.78, 5) is 50.5. The zero-order valence-electron chi connectivity index (χ0n) is 16.8. The van der Waals surface area contributed by atoms with E-state index in [-0.39, 0.29) is 22.6 Å². The van der Waals surface area contributed by atoms with Gasteiger partial charge in [-0.2, -0.15) is 0 Å². The van der Waals surface area contributed by atoms with Crippen molar-refractivity contribution in [2.75, 3.05) is 25.6 Å². The van der Waals surface area contributed by atoms with Crippen LogP contribution in [0.2, 0.25) is 0 Å². The number of hydrogen-bond donors (Lipinski definition) is 1. The van der Waals surface area contributed by atoms with Crippen molar-refractivity contribution in [1.29, 1.82) is 0 Å². The fraction of sp³-hybridized carbons (Fsp3) is 0.273. The van der Waals surface area contributed by atoms with Gasteiger partial charge in [-0.25, -0.2) is 4.79 Å². The van der Waals surface area contributed by atoms with Gasteiger partial charge in [0.15, 0.2) is 6.61 Å².